The molecule has 2 aromatic rings. The minimum Gasteiger partial charge on any atom is -0.394 e. The monoisotopic (exact) mass is 386 g/mol. The van der Waals surface area contributed by atoms with E-state index in [-0.39, 0.29) is 18.0 Å². The minimum atomic E-state index is -1.10. The van der Waals surface area contributed by atoms with E-state index < -0.39 is 29.8 Å². The lowest BCUT2D eigenvalue weighted by Crippen LogP contribution is -2.52. The van der Waals surface area contributed by atoms with Gasteiger partial charge in [0.25, 0.3) is 5.56 Å². The molecule has 3 N–H and O–H groups in total. The summed E-state index contributed by atoms with van der Waals surface area (Å²) in [6.07, 6.45) is 1.98. The number of fused-ring (bicyclic) bond motifs is 1. The van der Waals surface area contributed by atoms with Crippen LogP contribution in [0.1, 0.15) is 16.7 Å². The third-order valence-corrected chi connectivity index (χ3v) is 4.76. The van der Waals surface area contributed by atoms with Crippen molar-refractivity contribution in [2.75, 3.05) is 13.2 Å². The van der Waals surface area contributed by atoms with E-state index in [0.29, 0.717) is 19.5 Å². The molecule has 28 heavy (non-hydrogen) atoms. The van der Waals surface area contributed by atoms with Crippen LogP contribution in [0.25, 0.3) is 0 Å². The molecule has 9 nitrogen and oxygen atoms in total. The van der Waals surface area contributed by atoms with Gasteiger partial charge in [-0.1, -0.05) is 24.3 Å². The minimum absolute atomic E-state index is 0.286. The van der Waals surface area contributed by atoms with Crippen molar-refractivity contribution in [2.24, 2.45) is 0 Å². The fourth-order valence-corrected chi connectivity index (χ4v) is 3.22. The van der Waals surface area contributed by atoms with E-state index in [0.717, 1.165) is 10.1 Å². The molecule has 0 saturated heterocycles. The number of hydrogen-bond acceptors (Lipinski definition) is 5. The Bertz CT molecular complexity index is 1010. The molecule has 0 fully saturated rings. The van der Waals surface area contributed by atoms with Crippen molar-refractivity contribution in [2.45, 2.75) is 32.5 Å². The predicted octanol–water partition coefficient (Wildman–Crippen LogP) is -1.09. The maximum absolute atomic E-state index is 12.7. The zero-order valence-electron chi connectivity index (χ0n) is 15.5. The number of carbonyl (C=O) groups excluding carboxylic acids is 2. The van der Waals surface area contributed by atoms with Crippen LogP contribution in [0.5, 0.6) is 0 Å². The number of aromatic nitrogens is 2. The number of aliphatic hydroxyl groups excluding tert-OH is 1. The number of hydrogen-bond donors (Lipinski definition) is 3. The van der Waals surface area contributed by atoms with Crippen molar-refractivity contribution in [1.29, 1.82) is 0 Å². The third-order valence-electron chi connectivity index (χ3n) is 4.76. The maximum atomic E-state index is 12.7. The number of amides is 2. The highest BCUT2D eigenvalue weighted by atomic mass is 16.3. The van der Waals surface area contributed by atoms with Crippen molar-refractivity contribution >= 4 is 11.8 Å². The Balaban J connectivity index is 1.66. The van der Waals surface area contributed by atoms with Gasteiger partial charge in [0.1, 0.15) is 12.6 Å². The van der Waals surface area contributed by atoms with Crippen molar-refractivity contribution in [3.63, 3.8) is 0 Å². The van der Waals surface area contributed by atoms with Gasteiger partial charge in [0, 0.05) is 24.8 Å². The number of nitrogens with one attached hydrogen (secondary N) is 2. The largest absolute Gasteiger partial charge is 0.394 e. The highest BCUT2D eigenvalue weighted by Crippen LogP contribution is 2.19. The van der Waals surface area contributed by atoms with Crippen LogP contribution < -0.4 is 16.6 Å². The molecule has 0 radical (unpaired) electrons. The number of H-pyrrole nitrogens is 1. The van der Waals surface area contributed by atoms with Gasteiger partial charge in [-0.15, -0.1) is 0 Å². The molecule has 1 aliphatic rings. The number of aryl methyl sites for hydroxylation is 1. The summed E-state index contributed by atoms with van der Waals surface area (Å²) in [4.78, 5) is 51.9. The summed E-state index contributed by atoms with van der Waals surface area (Å²) in [5.74, 6) is -0.992. The molecule has 0 spiro atoms. The summed E-state index contributed by atoms with van der Waals surface area (Å²) in [5, 5.41) is 12.1. The van der Waals surface area contributed by atoms with Crippen LogP contribution in [-0.2, 0) is 29.1 Å². The molecular formula is C19H22N4O5. The lowest BCUT2D eigenvalue weighted by Gasteiger charge is -2.31. The van der Waals surface area contributed by atoms with Gasteiger partial charge in [0.05, 0.1) is 6.61 Å². The zero-order valence-corrected chi connectivity index (χ0v) is 15.5. The van der Waals surface area contributed by atoms with Gasteiger partial charge in [-0.2, -0.15) is 0 Å². The number of nitrogens with zero attached hydrogens (tertiary/aromatic N) is 2. The standard InChI is InChI=1S/C19H22N4O5/c1-12-8-23(19(28)21-17(12)26)10-16(25)20-15(11-24)18(27)22-7-6-13-4-2-3-5-14(13)9-22/h2-5,8,15,24H,6-7,9-11H2,1H3,(H,20,25)(H,21,26,28)/t15-/m0/s1. The second-order valence-electron chi connectivity index (χ2n) is 6.78. The van der Waals surface area contributed by atoms with Gasteiger partial charge in [-0.05, 0) is 24.5 Å². The fourth-order valence-electron chi connectivity index (χ4n) is 3.22. The number of aliphatic hydroxyl groups is 1. The highest BCUT2D eigenvalue weighted by Gasteiger charge is 2.28. The molecule has 0 bridgehead atoms. The van der Waals surface area contributed by atoms with Crippen LogP contribution in [0.3, 0.4) is 0 Å². The lowest BCUT2D eigenvalue weighted by molar-refractivity contribution is -0.138. The average Bonchev–Trinajstić information content (AvgIpc) is 2.69. The quantitative estimate of drug-likeness (QED) is 0.602. The second kappa shape index (κ2) is 8.22. The molecule has 1 aliphatic heterocycles. The Morgan fingerprint density at radius 2 is 1.96 bits per heavy atom. The first-order valence-electron chi connectivity index (χ1n) is 8.95. The van der Waals surface area contributed by atoms with Crippen LogP contribution in [0, 0.1) is 6.92 Å². The van der Waals surface area contributed by atoms with Crippen LogP contribution in [0.15, 0.2) is 40.1 Å². The maximum Gasteiger partial charge on any atom is 0.328 e. The van der Waals surface area contributed by atoms with Crippen molar-refractivity contribution in [3.8, 4) is 0 Å². The van der Waals surface area contributed by atoms with E-state index >= 15 is 0 Å². The van der Waals surface area contributed by atoms with E-state index in [4.69, 9.17) is 0 Å². The normalized spacial score (nSPS) is 14.3. The van der Waals surface area contributed by atoms with Gasteiger partial charge in [0.15, 0.2) is 0 Å². The Morgan fingerprint density at radius 1 is 1.25 bits per heavy atom. The lowest BCUT2D eigenvalue weighted by atomic mass is 9.99. The number of rotatable bonds is 5. The van der Waals surface area contributed by atoms with Crippen LogP contribution in [-0.4, -0.2) is 50.6 Å². The molecule has 1 aromatic heterocycles. The van der Waals surface area contributed by atoms with Crippen LogP contribution in [0.2, 0.25) is 0 Å². The Kier molecular flexibility index (Phi) is 5.74. The smallest absolute Gasteiger partial charge is 0.328 e. The summed E-state index contributed by atoms with van der Waals surface area (Å²) in [6.45, 7) is 1.51. The highest BCUT2D eigenvalue weighted by molar-refractivity contribution is 5.87. The predicted molar refractivity (Wildman–Crippen MR) is 101 cm³/mol. The molecule has 3 rings (SSSR count). The summed E-state index contributed by atoms with van der Waals surface area (Å²) in [6, 6.07) is 6.73. The molecule has 1 aromatic carbocycles. The average molecular weight is 386 g/mol. The number of carbonyl (C=O) groups is 2. The topological polar surface area (TPSA) is 124 Å². The molecular weight excluding hydrogens is 364 g/mol. The zero-order chi connectivity index (χ0) is 20.3. The molecule has 1 atom stereocenters. The van der Waals surface area contributed by atoms with E-state index in [1.807, 2.05) is 24.3 Å². The molecule has 2 amide bonds. The Labute approximate surface area is 160 Å². The Morgan fingerprint density at radius 3 is 2.68 bits per heavy atom. The first-order valence-corrected chi connectivity index (χ1v) is 8.95. The SMILES string of the molecule is Cc1cn(CC(=O)N[C@@H](CO)C(=O)N2CCc3ccccc3C2)c(=O)[nH]c1=O. The van der Waals surface area contributed by atoms with Crippen molar-refractivity contribution in [3.05, 3.63) is 68.0 Å². The summed E-state index contributed by atoms with van der Waals surface area (Å²) < 4.78 is 1.04. The summed E-state index contributed by atoms with van der Waals surface area (Å²) >= 11 is 0. The molecule has 9 heteroatoms. The third kappa shape index (κ3) is 4.20. The number of aromatic amines is 1. The van der Waals surface area contributed by atoms with E-state index in [1.54, 1.807) is 4.90 Å². The second-order valence-corrected chi connectivity index (χ2v) is 6.78. The molecule has 2 heterocycles. The molecule has 0 aliphatic carbocycles. The fraction of sp³-hybridized carbons (Fsp3) is 0.368. The first kappa shape index (κ1) is 19.6. The van der Waals surface area contributed by atoms with Gasteiger partial charge in [-0.3, -0.25) is 23.9 Å². The summed E-state index contributed by atoms with van der Waals surface area (Å²) in [7, 11) is 0. The van der Waals surface area contributed by atoms with Gasteiger partial charge >= 0.3 is 5.69 Å². The van der Waals surface area contributed by atoms with Crippen LogP contribution >= 0.6 is 0 Å². The van der Waals surface area contributed by atoms with Gasteiger partial charge in [-0.25, -0.2) is 4.79 Å². The Hall–Kier alpha value is -3.20. The first-order chi connectivity index (χ1) is 13.4. The molecule has 0 unspecified atom stereocenters. The number of benzene rings is 1. The van der Waals surface area contributed by atoms with Gasteiger partial charge in [0.2, 0.25) is 11.8 Å². The molecule has 148 valence electrons. The van der Waals surface area contributed by atoms with Crippen molar-refractivity contribution in [1.82, 2.24) is 19.8 Å². The van der Waals surface area contributed by atoms with Crippen molar-refractivity contribution < 1.29 is 14.7 Å². The van der Waals surface area contributed by atoms with Gasteiger partial charge < -0.3 is 15.3 Å². The summed E-state index contributed by atoms with van der Waals surface area (Å²) in [5.41, 5.74) is 1.28. The van der Waals surface area contributed by atoms with E-state index in [9.17, 15) is 24.3 Å². The van der Waals surface area contributed by atoms with E-state index in [1.165, 1.54) is 18.7 Å². The molecule has 0 saturated carbocycles. The van der Waals surface area contributed by atoms with Crippen LogP contribution in [0.4, 0.5) is 0 Å². The van der Waals surface area contributed by atoms with E-state index in [2.05, 4.69) is 10.3 Å².